The Morgan fingerprint density at radius 1 is 0.378 bits per heavy atom. The van der Waals surface area contributed by atoms with Crippen LogP contribution in [0.25, 0.3) is 88.0 Å². The molecule has 1 nitrogen and oxygen atoms in total. The van der Waals surface area contributed by atoms with E-state index in [0.717, 1.165) is 33.0 Å². The van der Waals surface area contributed by atoms with Crippen LogP contribution < -0.4 is 0 Å². The predicted molar refractivity (Wildman–Crippen MR) is 190 cm³/mol. The van der Waals surface area contributed by atoms with Gasteiger partial charge in [-0.2, -0.15) is 0 Å². The van der Waals surface area contributed by atoms with Crippen molar-refractivity contribution in [3.63, 3.8) is 0 Å². The lowest BCUT2D eigenvalue weighted by Crippen LogP contribution is -1.93. The SMILES string of the molecule is [2H]c1c([2H])c([2H])c(-c2c(-c3c4ccccc4c(-c4cccc(-c5ccccc5)c4)c4ccccc34)c([2H])c3oc4c([2H])c([2H])c([2H])c([2H])c4c3c2[2H])c([2H])c1[2H]. The van der Waals surface area contributed by atoms with Crippen molar-refractivity contribution in [3.8, 4) is 44.5 Å². The zero-order valence-electron chi connectivity index (χ0n) is 34.7. The molecule has 45 heavy (non-hydrogen) atoms. The van der Waals surface area contributed by atoms with Crippen LogP contribution in [-0.2, 0) is 0 Å². The van der Waals surface area contributed by atoms with Crippen LogP contribution in [0.15, 0.2) is 174 Å². The van der Waals surface area contributed by atoms with Crippen LogP contribution >= 0.6 is 0 Å². The standard InChI is InChI=1S/C44H28O/c1-3-14-29(15-4-1)31-18-13-19-32(26-31)43-34-21-7-9-23-36(34)44(37-24-10-8-22-35(37)43)40-28-42-39(33-20-11-12-25-41(33)45-42)27-38(40)30-16-5-2-6-17-30/h1-28H/i2D,5D,6D,11D,12D,16D,17D,20D,25D,27D,28D. The summed E-state index contributed by atoms with van der Waals surface area (Å²) in [5.74, 6) is 0. The van der Waals surface area contributed by atoms with Crippen molar-refractivity contribution >= 4 is 43.5 Å². The summed E-state index contributed by atoms with van der Waals surface area (Å²) in [6.07, 6.45) is 0. The summed E-state index contributed by atoms with van der Waals surface area (Å²) in [6.45, 7) is 0. The van der Waals surface area contributed by atoms with Gasteiger partial charge in [0.15, 0.2) is 0 Å². The second-order valence-electron chi connectivity index (χ2n) is 10.8. The first-order chi connectivity index (χ1) is 26.9. The molecule has 0 bridgehead atoms. The van der Waals surface area contributed by atoms with Crippen LogP contribution in [0.4, 0.5) is 0 Å². The van der Waals surface area contributed by atoms with Gasteiger partial charge in [0.05, 0.1) is 15.1 Å². The van der Waals surface area contributed by atoms with Crippen molar-refractivity contribution in [3.05, 3.63) is 170 Å². The van der Waals surface area contributed by atoms with E-state index in [1.807, 2.05) is 97.1 Å². The summed E-state index contributed by atoms with van der Waals surface area (Å²) in [7, 11) is 0. The van der Waals surface area contributed by atoms with Crippen LogP contribution in [-0.4, -0.2) is 0 Å². The second-order valence-corrected chi connectivity index (χ2v) is 10.8. The van der Waals surface area contributed by atoms with E-state index in [1.54, 1.807) is 0 Å². The van der Waals surface area contributed by atoms with Gasteiger partial charge in [-0.15, -0.1) is 0 Å². The molecule has 9 rings (SSSR count). The zero-order valence-corrected chi connectivity index (χ0v) is 23.7. The van der Waals surface area contributed by atoms with Crippen LogP contribution in [0.2, 0.25) is 0 Å². The first kappa shape index (κ1) is 16.8. The third kappa shape index (κ3) is 4.17. The van der Waals surface area contributed by atoms with Gasteiger partial charge >= 0.3 is 0 Å². The summed E-state index contributed by atoms with van der Waals surface area (Å²) in [5.41, 5.74) is 3.53. The molecule has 0 saturated carbocycles. The van der Waals surface area contributed by atoms with Crippen molar-refractivity contribution in [2.45, 2.75) is 0 Å². The number of fused-ring (bicyclic) bond motifs is 5. The first-order valence-electron chi connectivity index (χ1n) is 20.0. The Bertz CT molecular complexity index is 3070. The van der Waals surface area contributed by atoms with E-state index in [0.29, 0.717) is 16.3 Å². The molecule has 1 heterocycles. The minimum Gasteiger partial charge on any atom is -0.456 e. The molecular weight excluding hydrogens is 544 g/mol. The fourth-order valence-corrected chi connectivity index (χ4v) is 6.33. The maximum Gasteiger partial charge on any atom is 0.136 e. The van der Waals surface area contributed by atoms with Gasteiger partial charge in [0, 0.05) is 10.8 Å². The smallest absolute Gasteiger partial charge is 0.136 e. The Morgan fingerprint density at radius 3 is 1.71 bits per heavy atom. The molecule has 1 heteroatoms. The lowest BCUT2D eigenvalue weighted by Gasteiger charge is -2.20. The number of benzene rings is 8. The molecular formula is C44H28O. The highest BCUT2D eigenvalue weighted by molar-refractivity contribution is 6.23. The highest BCUT2D eigenvalue weighted by Crippen LogP contribution is 2.48. The van der Waals surface area contributed by atoms with Gasteiger partial charge in [-0.25, -0.2) is 0 Å². The van der Waals surface area contributed by atoms with Crippen LogP contribution in [0, 0.1) is 0 Å². The summed E-state index contributed by atoms with van der Waals surface area (Å²) in [5, 5.41) is 2.67. The molecule has 0 spiro atoms. The number of hydrogen-bond acceptors (Lipinski definition) is 1. The molecule has 0 aliphatic heterocycles. The zero-order chi connectivity index (χ0) is 39.3. The average Bonchev–Trinajstić information content (AvgIpc) is 3.64. The Kier molecular flexibility index (Phi) is 3.87. The Balaban J connectivity index is 1.50. The monoisotopic (exact) mass is 583 g/mol. The minimum absolute atomic E-state index is 0.0623. The number of hydrogen-bond donors (Lipinski definition) is 0. The molecule has 8 aromatic carbocycles. The molecule has 9 aromatic rings. The van der Waals surface area contributed by atoms with Gasteiger partial charge in [-0.05, 0) is 90.2 Å². The van der Waals surface area contributed by atoms with E-state index in [9.17, 15) is 2.74 Å². The molecule has 1 aromatic heterocycles. The van der Waals surface area contributed by atoms with Gasteiger partial charge in [0.2, 0.25) is 0 Å². The molecule has 0 amide bonds. The lowest BCUT2D eigenvalue weighted by molar-refractivity contribution is 0.669. The maximum atomic E-state index is 9.88. The fraction of sp³-hybridized carbons (Fsp3) is 0. The largest absolute Gasteiger partial charge is 0.456 e. The molecule has 0 unspecified atom stereocenters. The number of rotatable bonds is 4. The van der Waals surface area contributed by atoms with Crippen molar-refractivity contribution in [1.82, 2.24) is 0 Å². The fourth-order valence-electron chi connectivity index (χ4n) is 6.33. The van der Waals surface area contributed by atoms with Gasteiger partial charge < -0.3 is 4.42 Å². The maximum absolute atomic E-state index is 9.88. The van der Waals surface area contributed by atoms with E-state index in [1.165, 1.54) is 0 Å². The quantitative estimate of drug-likeness (QED) is 0.188. The number of para-hydroxylation sites is 1. The van der Waals surface area contributed by atoms with Gasteiger partial charge in [0.1, 0.15) is 11.2 Å². The Morgan fingerprint density at radius 2 is 0.978 bits per heavy atom. The van der Waals surface area contributed by atoms with Crippen LogP contribution in [0.5, 0.6) is 0 Å². The van der Waals surface area contributed by atoms with Crippen LogP contribution in [0.1, 0.15) is 15.1 Å². The molecule has 0 N–H and O–H groups in total. The molecule has 0 saturated heterocycles. The minimum atomic E-state index is -0.625. The van der Waals surface area contributed by atoms with Crippen LogP contribution in [0.3, 0.4) is 0 Å². The Hall–Kier alpha value is -5.92. The summed E-state index contributed by atoms with van der Waals surface area (Å²) in [4.78, 5) is 0. The van der Waals surface area contributed by atoms with E-state index >= 15 is 0 Å². The molecule has 210 valence electrons. The first-order valence-corrected chi connectivity index (χ1v) is 14.5. The third-order valence-corrected chi connectivity index (χ3v) is 8.26. The van der Waals surface area contributed by atoms with Crippen molar-refractivity contribution in [1.29, 1.82) is 0 Å². The normalized spacial score (nSPS) is 15.0. The number of furan rings is 1. The summed E-state index contributed by atoms with van der Waals surface area (Å²) >= 11 is 0. The predicted octanol–water partition coefficient (Wildman–Crippen LogP) is 12.6. The van der Waals surface area contributed by atoms with Gasteiger partial charge in [0.25, 0.3) is 0 Å². The average molecular weight is 584 g/mol. The van der Waals surface area contributed by atoms with E-state index < -0.39 is 60.4 Å². The van der Waals surface area contributed by atoms with Crippen molar-refractivity contribution < 1.29 is 19.5 Å². The Labute approximate surface area is 277 Å². The molecule has 0 atom stereocenters. The van der Waals surface area contributed by atoms with Crippen molar-refractivity contribution in [2.75, 3.05) is 0 Å². The van der Waals surface area contributed by atoms with Gasteiger partial charge in [-0.1, -0.05) is 145 Å². The second kappa shape index (κ2) is 10.4. The lowest BCUT2D eigenvalue weighted by atomic mass is 9.83. The molecule has 0 aliphatic rings. The summed E-state index contributed by atoms with van der Waals surface area (Å²) in [6, 6.07) is 27.7. The van der Waals surface area contributed by atoms with E-state index in [2.05, 4.69) is 6.07 Å². The highest BCUT2D eigenvalue weighted by atomic mass is 16.3. The molecule has 0 radical (unpaired) electrons. The van der Waals surface area contributed by atoms with Gasteiger partial charge in [-0.3, -0.25) is 0 Å². The van der Waals surface area contributed by atoms with E-state index in [4.69, 9.17) is 16.8 Å². The topological polar surface area (TPSA) is 13.1 Å². The molecule has 0 fully saturated rings. The highest BCUT2D eigenvalue weighted by Gasteiger charge is 2.21. The summed E-state index contributed by atoms with van der Waals surface area (Å²) < 4.78 is 104. The third-order valence-electron chi connectivity index (χ3n) is 8.26. The van der Waals surface area contributed by atoms with Crippen molar-refractivity contribution in [2.24, 2.45) is 0 Å². The van der Waals surface area contributed by atoms with E-state index in [-0.39, 0.29) is 44.7 Å². The molecule has 0 aliphatic carbocycles.